The second-order valence-corrected chi connectivity index (χ2v) is 5.99. The van der Waals surface area contributed by atoms with Crippen LogP contribution in [-0.4, -0.2) is 19.7 Å². The molecule has 3 aromatic carbocycles. The van der Waals surface area contributed by atoms with Crippen LogP contribution < -0.4 is 0 Å². The molecule has 0 unspecified atom stereocenters. The molecule has 0 N–H and O–H groups in total. The van der Waals surface area contributed by atoms with Crippen LogP contribution in [0.15, 0.2) is 78.9 Å². The highest BCUT2D eigenvalue weighted by atomic mass is 19.1. The second kappa shape index (κ2) is 5.74. The number of rotatable bonds is 2. The van der Waals surface area contributed by atoms with Crippen molar-refractivity contribution in [2.75, 3.05) is 0 Å². The molecule has 0 fully saturated rings. The van der Waals surface area contributed by atoms with E-state index in [1.54, 1.807) is 10.7 Å². The zero-order valence-electron chi connectivity index (χ0n) is 13.7. The number of para-hydroxylation sites is 1. The van der Waals surface area contributed by atoms with Gasteiger partial charge >= 0.3 is 0 Å². The third-order valence-electron chi connectivity index (χ3n) is 4.28. The van der Waals surface area contributed by atoms with Crippen LogP contribution in [0.5, 0.6) is 0 Å². The van der Waals surface area contributed by atoms with Gasteiger partial charge in [0.25, 0.3) is 0 Å². The smallest absolute Gasteiger partial charge is 0.182 e. The van der Waals surface area contributed by atoms with Crippen molar-refractivity contribution < 1.29 is 4.39 Å². The van der Waals surface area contributed by atoms with E-state index in [0.29, 0.717) is 22.2 Å². The second-order valence-electron chi connectivity index (χ2n) is 5.99. The number of benzene rings is 3. The number of hydrogen-bond acceptors (Lipinski definition) is 3. The summed E-state index contributed by atoms with van der Waals surface area (Å²) in [6.07, 6.45) is 0. The van der Waals surface area contributed by atoms with Gasteiger partial charge in [0.1, 0.15) is 17.0 Å². The summed E-state index contributed by atoms with van der Waals surface area (Å²) in [5.41, 5.74) is 5.01. The molecule has 2 aromatic heterocycles. The van der Waals surface area contributed by atoms with E-state index in [4.69, 9.17) is 10.1 Å². The van der Waals surface area contributed by atoms with E-state index >= 15 is 0 Å². The first-order valence-corrected chi connectivity index (χ1v) is 8.26. The van der Waals surface area contributed by atoms with Crippen molar-refractivity contribution in [1.82, 2.24) is 19.7 Å². The SMILES string of the molecule is Fc1ccc2nc3c(nc2c1)c(-c1ccccc1)nn3-c1ccccc1. The van der Waals surface area contributed by atoms with Crippen molar-refractivity contribution >= 4 is 22.2 Å². The lowest BCUT2D eigenvalue weighted by molar-refractivity contribution is 0.629. The van der Waals surface area contributed by atoms with Crippen LogP contribution in [0.2, 0.25) is 0 Å². The summed E-state index contributed by atoms with van der Waals surface area (Å²) >= 11 is 0. The van der Waals surface area contributed by atoms with Crippen molar-refractivity contribution in [2.24, 2.45) is 0 Å². The van der Waals surface area contributed by atoms with Gasteiger partial charge in [0.05, 0.1) is 16.7 Å². The Hall–Kier alpha value is -3.60. The molecule has 0 atom stereocenters. The standard InChI is InChI=1S/C21H13FN4/c22-15-11-12-17-18(13-15)23-20-19(14-7-3-1-4-8-14)25-26(21(20)24-17)16-9-5-2-6-10-16/h1-13H. The molecule has 5 heteroatoms. The topological polar surface area (TPSA) is 43.6 Å². The van der Waals surface area contributed by atoms with Crippen molar-refractivity contribution in [2.45, 2.75) is 0 Å². The van der Waals surface area contributed by atoms with Crippen LogP contribution in [0.3, 0.4) is 0 Å². The van der Waals surface area contributed by atoms with Gasteiger partial charge in [-0.05, 0) is 24.3 Å². The molecule has 0 aliphatic carbocycles. The summed E-state index contributed by atoms with van der Waals surface area (Å²) in [5.74, 6) is -0.331. The van der Waals surface area contributed by atoms with Crippen molar-refractivity contribution in [1.29, 1.82) is 0 Å². The average Bonchev–Trinajstić information content (AvgIpc) is 3.06. The van der Waals surface area contributed by atoms with Gasteiger partial charge in [0.2, 0.25) is 0 Å². The van der Waals surface area contributed by atoms with Crippen molar-refractivity contribution in [3.8, 4) is 16.9 Å². The van der Waals surface area contributed by atoms with Crippen LogP contribution in [0.1, 0.15) is 0 Å². The Balaban J connectivity index is 1.89. The molecule has 124 valence electrons. The fourth-order valence-corrected chi connectivity index (χ4v) is 3.06. The minimum atomic E-state index is -0.331. The maximum absolute atomic E-state index is 13.6. The lowest BCUT2D eigenvalue weighted by atomic mass is 10.1. The molecule has 0 saturated heterocycles. The predicted molar refractivity (Wildman–Crippen MR) is 99.6 cm³/mol. The maximum Gasteiger partial charge on any atom is 0.182 e. The molecule has 0 spiro atoms. The largest absolute Gasteiger partial charge is 0.240 e. The molecule has 4 nitrogen and oxygen atoms in total. The molecule has 0 amide bonds. The quantitative estimate of drug-likeness (QED) is 0.465. The molecular formula is C21H13FN4. The lowest BCUT2D eigenvalue weighted by Crippen LogP contribution is -1.98. The van der Waals surface area contributed by atoms with Crippen LogP contribution in [0.4, 0.5) is 4.39 Å². The van der Waals surface area contributed by atoms with Gasteiger partial charge in [-0.15, -0.1) is 0 Å². The lowest BCUT2D eigenvalue weighted by Gasteiger charge is -2.03. The molecule has 2 heterocycles. The number of aromatic nitrogens is 4. The number of fused-ring (bicyclic) bond motifs is 2. The van der Waals surface area contributed by atoms with Gasteiger partial charge in [0.15, 0.2) is 5.65 Å². The molecule has 26 heavy (non-hydrogen) atoms. The van der Waals surface area contributed by atoms with E-state index in [1.165, 1.54) is 12.1 Å². The van der Waals surface area contributed by atoms with Gasteiger partial charge in [-0.25, -0.2) is 19.0 Å². The summed E-state index contributed by atoms with van der Waals surface area (Å²) in [7, 11) is 0. The third kappa shape index (κ3) is 2.33. The first-order valence-electron chi connectivity index (χ1n) is 8.26. The molecule has 0 saturated carbocycles. The van der Waals surface area contributed by atoms with E-state index in [1.807, 2.05) is 60.7 Å². The molecule has 5 aromatic rings. The fourth-order valence-electron chi connectivity index (χ4n) is 3.06. The number of halogens is 1. The minimum absolute atomic E-state index is 0.331. The predicted octanol–water partition coefficient (Wildman–Crippen LogP) is 4.77. The Morgan fingerprint density at radius 2 is 1.46 bits per heavy atom. The van der Waals surface area contributed by atoms with E-state index in [0.717, 1.165) is 16.9 Å². The Morgan fingerprint density at radius 1 is 0.731 bits per heavy atom. The van der Waals surface area contributed by atoms with Gasteiger partial charge in [-0.1, -0.05) is 48.5 Å². The van der Waals surface area contributed by atoms with E-state index in [9.17, 15) is 4.39 Å². The Bertz CT molecular complexity index is 1230. The van der Waals surface area contributed by atoms with E-state index in [-0.39, 0.29) is 5.82 Å². The molecule has 5 rings (SSSR count). The molecule has 0 bridgehead atoms. The first kappa shape index (κ1) is 14.7. The number of hydrogen-bond donors (Lipinski definition) is 0. The summed E-state index contributed by atoms with van der Waals surface area (Å²) in [6.45, 7) is 0. The zero-order valence-corrected chi connectivity index (χ0v) is 13.7. The first-order chi connectivity index (χ1) is 12.8. The van der Waals surface area contributed by atoms with Crippen LogP contribution in [0.25, 0.3) is 39.1 Å². The molecule has 0 radical (unpaired) electrons. The van der Waals surface area contributed by atoms with Crippen LogP contribution in [0, 0.1) is 5.82 Å². The van der Waals surface area contributed by atoms with Gasteiger partial charge in [-0.2, -0.15) is 5.10 Å². The molecule has 0 aliphatic heterocycles. The summed E-state index contributed by atoms with van der Waals surface area (Å²) in [4.78, 5) is 9.39. The summed E-state index contributed by atoms with van der Waals surface area (Å²) < 4.78 is 15.4. The van der Waals surface area contributed by atoms with E-state index < -0.39 is 0 Å². The Morgan fingerprint density at radius 3 is 2.23 bits per heavy atom. The Labute approximate surface area is 148 Å². The fraction of sp³-hybridized carbons (Fsp3) is 0. The van der Waals surface area contributed by atoms with Crippen molar-refractivity contribution in [3.05, 3.63) is 84.7 Å². The summed E-state index contributed by atoms with van der Waals surface area (Å²) in [5, 5.41) is 4.77. The maximum atomic E-state index is 13.6. The monoisotopic (exact) mass is 340 g/mol. The highest BCUT2D eigenvalue weighted by molar-refractivity contribution is 5.93. The van der Waals surface area contributed by atoms with Gasteiger partial charge < -0.3 is 0 Å². The third-order valence-corrected chi connectivity index (χ3v) is 4.28. The highest BCUT2D eigenvalue weighted by Crippen LogP contribution is 2.29. The van der Waals surface area contributed by atoms with Crippen LogP contribution in [-0.2, 0) is 0 Å². The average molecular weight is 340 g/mol. The molecular weight excluding hydrogens is 327 g/mol. The van der Waals surface area contributed by atoms with Crippen LogP contribution >= 0.6 is 0 Å². The zero-order chi connectivity index (χ0) is 17.5. The normalized spacial score (nSPS) is 11.3. The van der Waals surface area contributed by atoms with Crippen molar-refractivity contribution in [3.63, 3.8) is 0 Å². The van der Waals surface area contributed by atoms with Gasteiger partial charge in [0, 0.05) is 11.6 Å². The minimum Gasteiger partial charge on any atom is -0.240 e. The summed E-state index contributed by atoms with van der Waals surface area (Å²) in [6, 6.07) is 24.1. The number of nitrogens with zero attached hydrogens (tertiary/aromatic N) is 4. The molecule has 0 aliphatic rings. The van der Waals surface area contributed by atoms with E-state index in [2.05, 4.69) is 4.98 Å². The Kier molecular flexibility index (Phi) is 3.25. The van der Waals surface area contributed by atoms with Gasteiger partial charge in [-0.3, -0.25) is 0 Å². The highest BCUT2D eigenvalue weighted by Gasteiger charge is 2.17.